The van der Waals surface area contributed by atoms with Crippen LogP contribution < -0.4 is 10.5 Å². The van der Waals surface area contributed by atoms with Gasteiger partial charge in [-0.2, -0.15) is 0 Å². The second-order valence-electron chi connectivity index (χ2n) is 5.07. The van der Waals surface area contributed by atoms with E-state index < -0.39 is 0 Å². The largest absolute Gasteiger partial charge is 0.494 e. The van der Waals surface area contributed by atoms with Gasteiger partial charge >= 0.3 is 0 Å². The lowest BCUT2D eigenvalue weighted by molar-refractivity contribution is 0.219. The molecule has 0 heterocycles. The lowest BCUT2D eigenvalue weighted by atomic mass is 9.81. The molecule has 1 fully saturated rings. The van der Waals surface area contributed by atoms with E-state index in [2.05, 4.69) is 0 Å². The van der Waals surface area contributed by atoms with Crippen LogP contribution in [-0.4, -0.2) is 13.2 Å². The molecule has 18 heavy (non-hydrogen) atoms. The van der Waals surface area contributed by atoms with E-state index in [1.54, 1.807) is 0 Å². The minimum atomic E-state index is 0. The summed E-state index contributed by atoms with van der Waals surface area (Å²) in [4.78, 5) is 0. The van der Waals surface area contributed by atoms with E-state index in [0.717, 1.165) is 30.7 Å². The van der Waals surface area contributed by atoms with Crippen LogP contribution in [0.5, 0.6) is 5.75 Å². The average molecular weight is 270 g/mol. The Morgan fingerprint density at radius 3 is 2.22 bits per heavy atom. The van der Waals surface area contributed by atoms with Crippen molar-refractivity contribution in [2.45, 2.75) is 32.1 Å². The highest BCUT2D eigenvalue weighted by atomic mass is 35.5. The molecule has 0 amide bonds. The molecule has 2 N–H and O–H groups in total. The molecule has 2 nitrogen and oxygen atoms in total. The molecule has 1 aromatic carbocycles. The van der Waals surface area contributed by atoms with E-state index in [1.165, 1.54) is 32.1 Å². The molecule has 1 aromatic rings. The van der Waals surface area contributed by atoms with Gasteiger partial charge in [0.2, 0.25) is 0 Å². The first-order valence-electron chi connectivity index (χ1n) is 6.76. The molecular formula is C15H24ClNO. The molecular weight excluding hydrogens is 246 g/mol. The normalized spacial score (nSPS) is 23.2. The fourth-order valence-corrected chi connectivity index (χ4v) is 2.62. The minimum Gasteiger partial charge on any atom is -0.494 e. The average Bonchev–Trinajstić information content (AvgIpc) is 2.41. The highest BCUT2D eigenvalue weighted by Gasteiger charge is 2.19. The summed E-state index contributed by atoms with van der Waals surface area (Å²) in [6.07, 6.45) is 6.48. The zero-order valence-electron chi connectivity index (χ0n) is 10.9. The van der Waals surface area contributed by atoms with Gasteiger partial charge in [0.1, 0.15) is 5.75 Å². The zero-order valence-corrected chi connectivity index (χ0v) is 11.7. The molecule has 0 unspecified atom stereocenters. The van der Waals surface area contributed by atoms with Crippen molar-refractivity contribution >= 4 is 12.4 Å². The molecule has 0 aromatic heterocycles. The third-order valence-corrected chi connectivity index (χ3v) is 3.84. The van der Waals surface area contributed by atoms with Crippen LogP contribution in [0.3, 0.4) is 0 Å². The highest BCUT2D eigenvalue weighted by Crippen LogP contribution is 2.30. The number of ether oxygens (including phenoxy) is 1. The highest BCUT2D eigenvalue weighted by molar-refractivity contribution is 5.85. The summed E-state index contributed by atoms with van der Waals surface area (Å²) < 4.78 is 5.74. The van der Waals surface area contributed by atoms with Gasteiger partial charge in [0.15, 0.2) is 0 Å². The number of rotatable bonds is 5. The zero-order chi connectivity index (χ0) is 11.9. The molecule has 102 valence electrons. The van der Waals surface area contributed by atoms with Gasteiger partial charge in [0, 0.05) is 0 Å². The number of hydrogen-bond acceptors (Lipinski definition) is 2. The lowest BCUT2D eigenvalue weighted by Crippen LogP contribution is -2.22. The third-order valence-electron chi connectivity index (χ3n) is 3.84. The Balaban J connectivity index is 0.00000162. The predicted molar refractivity (Wildman–Crippen MR) is 78.3 cm³/mol. The van der Waals surface area contributed by atoms with Gasteiger partial charge < -0.3 is 10.5 Å². The first-order valence-corrected chi connectivity index (χ1v) is 6.76. The Morgan fingerprint density at radius 2 is 1.61 bits per heavy atom. The van der Waals surface area contributed by atoms with Gasteiger partial charge in [0.25, 0.3) is 0 Å². The fourth-order valence-electron chi connectivity index (χ4n) is 2.62. The van der Waals surface area contributed by atoms with Gasteiger partial charge in [0.05, 0.1) is 6.61 Å². The fraction of sp³-hybridized carbons (Fsp3) is 0.600. The van der Waals surface area contributed by atoms with Crippen molar-refractivity contribution in [1.29, 1.82) is 0 Å². The molecule has 2 rings (SSSR count). The minimum absolute atomic E-state index is 0. The quantitative estimate of drug-likeness (QED) is 0.886. The molecule has 1 saturated carbocycles. The van der Waals surface area contributed by atoms with Crippen LogP contribution in [-0.2, 0) is 0 Å². The molecule has 0 saturated heterocycles. The molecule has 0 bridgehead atoms. The van der Waals surface area contributed by atoms with Crippen LogP contribution >= 0.6 is 12.4 Å². The summed E-state index contributed by atoms with van der Waals surface area (Å²) in [7, 11) is 0. The number of benzene rings is 1. The molecule has 0 atom stereocenters. The van der Waals surface area contributed by atoms with Crippen LogP contribution in [0.4, 0.5) is 0 Å². The summed E-state index contributed by atoms with van der Waals surface area (Å²) in [6, 6.07) is 10.1. The second-order valence-corrected chi connectivity index (χ2v) is 5.07. The molecule has 1 aliphatic rings. The molecule has 3 heteroatoms. The van der Waals surface area contributed by atoms with Gasteiger partial charge in [-0.1, -0.05) is 31.0 Å². The Bertz CT molecular complexity index is 310. The summed E-state index contributed by atoms with van der Waals surface area (Å²) >= 11 is 0. The SMILES string of the molecule is Cl.NCC1CCC(CCOc2ccccc2)CC1. The molecule has 0 spiro atoms. The number of halogens is 1. The summed E-state index contributed by atoms with van der Waals surface area (Å²) in [5.74, 6) is 2.62. The van der Waals surface area contributed by atoms with E-state index in [9.17, 15) is 0 Å². The maximum absolute atomic E-state index is 5.74. The second kappa shape index (κ2) is 8.39. The summed E-state index contributed by atoms with van der Waals surface area (Å²) in [5, 5.41) is 0. The third kappa shape index (κ3) is 4.87. The van der Waals surface area contributed by atoms with Crippen LogP contribution in [0.25, 0.3) is 0 Å². The Morgan fingerprint density at radius 1 is 1.00 bits per heavy atom. The standard InChI is InChI=1S/C15H23NO.ClH/c16-12-14-8-6-13(7-9-14)10-11-17-15-4-2-1-3-5-15;/h1-5,13-14H,6-12,16H2;1H. The maximum atomic E-state index is 5.74. The summed E-state index contributed by atoms with van der Waals surface area (Å²) in [6.45, 7) is 1.72. The number of para-hydroxylation sites is 1. The van der Waals surface area contributed by atoms with Crippen LogP contribution in [0.15, 0.2) is 30.3 Å². The number of nitrogens with two attached hydrogens (primary N) is 1. The van der Waals surface area contributed by atoms with Gasteiger partial charge in [-0.25, -0.2) is 0 Å². The Hall–Kier alpha value is -0.730. The van der Waals surface area contributed by atoms with E-state index >= 15 is 0 Å². The van der Waals surface area contributed by atoms with Crippen LogP contribution in [0.1, 0.15) is 32.1 Å². The lowest BCUT2D eigenvalue weighted by Gasteiger charge is -2.27. The molecule has 0 aliphatic heterocycles. The van der Waals surface area contributed by atoms with Crippen molar-refractivity contribution in [3.63, 3.8) is 0 Å². The van der Waals surface area contributed by atoms with Crippen molar-refractivity contribution in [1.82, 2.24) is 0 Å². The van der Waals surface area contributed by atoms with E-state index in [0.29, 0.717) is 0 Å². The predicted octanol–water partition coefficient (Wildman–Crippen LogP) is 3.64. The van der Waals surface area contributed by atoms with Crippen molar-refractivity contribution < 1.29 is 4.74 Å². The van der Waals surface area contributed by atoms with Crippen molar-refractivity contribution in [3.05, 3.63) is 30.3 Å². The first kappa shape index (κ1) is 15.3. The van der Waals surface area contributed by atoms with Crippen molar-refractivity contribution in [2.24, 2.45) is 17.6 Å². The van der Waals surface area contributed by atoms with E-state index in [1.807, 2.05) is 30.3 Å². The molecule has 0 radical (unpaired) electrons. The van der Waals surface area contributed by atoms with Crippen molar-refractivity contribution in [2.75, 3.05) is 13.2 Å². The summed E-state index contributed by atoms with van der Waals surface area (Å²) in [5.41, 5.74) is 5.70. The van der Waals surface area contributed by atoms with Crippen LogP contribution in [0, 0.1) is 11.8 Å². The van der Waals surface area contributed by atoms with Gasteiger partial charge in [-0.15, -0.1) is 12.4 Å². The molecule has 1 aliphatic carbocycles. The monoisotopic (exact) mass is 269 g/mol. The van der Waals surface area contributed by atoms with Gasteiger partial charge in [-0.3, -0.25) is 0 Å². The van der Waals surface area contributed by atoms with E-state index in [4.69, 9.17) is 10.5 Å². The van der Waals surface area contributed by atoms with Crippen molar-refractivity contribution in [3.8, 4) is 5.75 Å². The smallest absolute Gasteiger partial charge is 0.119 e. The van der Waals surface area contributed by atoms with Crippen LogP contribution in [0.2, 0.25) is 0 Å². The first-order chi connectivity index (χ1) is 8.38. The van der Waals surface area contributed by atoms with E-state index in [-0.39, 0.29) is 12.4 Å². The Labute approximate surface area is 116 Å². The maximum Gasteiger partial charge on any atom is 0.119 e. The topological polar surface area (TPSA) is 35.2 Å². The Kier molecular flexibility index (Phi) is 7.14. The van der Waals surface area contributed by atoms with Gasteiger partial charge in [-0.05, 0) is 49.8 Å². The number of hydrogen-bond donors (Lipinski definition) is 1.